The van der Waals surface area contributed by atoms with E-state index in [9.17, 15) is 13.2 Å². The third kappa shape index (κ3) is 4.23. The molecule has 1 aliphatic carbocycles. The number of ketones is 1. The van der Waals surface area contributed by atoms with Crippen molar-refractivity contribution in [1.82, 2.24) is 19.3 Å². The number of Topliss-reactive ketones (excluding diaryl/α,β-unsaturated/α-hetero) is 1. The van der Waals surface area contributed by atoms with Crippen molar-refractivity contribution in [3.63, 3.8) is 0 Å². The Labute approximate surface area is 182 Å². The van der Waals surface area contributed by atoms with Gasteiger partial charge in [-0.25, -0.2) is 8.42 Å². The third-order valence-electron chi connectivity index (χ3n) is 6.47. The van der Waals surface area contributed by atoms with E-state index in [1.54, 1.807) is 0 Å². The first-order valence-corrected chi connectivity index (χ1v) is 13.5. The van der Waals surface area contributed by atoms with E-state index in [1.807, 2.05) is 31.4 Å². The molecule has 1 saturated heterocycles. The van der Waals surface area contributed by atoms with Crippen LogP contribution >= 0.6 is 11.8 Å². The van der Waals surface area contributed by atoms with E-state index in [2.05, 4.69) is 14.8 Å². The van der Waals surface area contributed by atoms with Gasteiger partial charge < -0.3 is 9.13 Å². The molecule has 0 N–H and O–H groups in total. The summed E-state index contributed by atoms with van der Waals surface area (Å²) in [5, 5.41) is 9.42. The fraction of sp³-hybridized carbons (Fsp3) is 0.667. The van der Waals surface area contributed by atoms with Crippen LogP contribution in [-0.2, 0) is 9.84 Å². The number of hydrogen-bond donors (Lipinski definition) is 0. The Balaban J connectivity index is 1.49. The summed E-state index contributed by atoms with van der Waals surface area (Å²) in [6.45, 7) is 5.85. The topological polar surface area (TPSA) is 86.8 Å². The lowest BCUT2D eigenvalue weighted by Crippen LogP contribution is -2.16. The van der Waals surface area contributed by atoms with Crippen LogP contribution < -0.4 is 0 Å². The van der Waals surface area contributed by atoms with E-state index < -0.39 is 9.84 Å². The number of aryl methyl sites for hydroxylation is 2. The van der Waals surface area contributed by atoms with Crippen LogP contribution in [-0.4, -0.2) is 50.8 Å². The Hall–Kier alpha value is -1.61. The summed E-state index contributed by atoms with van der Waals surface area (Å²) < 4.78 is 28.1. The monoisotopic (exact) mass is 450 g/mol. The van der Waals surface area contributed by atoms with Crippen molar-refractivity contribution >= 4 is 27.4 Å². The van der Waals surface area contributed by atoms with Crippen LogP contribution in [0.3, 0.4) is 0 Å². The molecule has 0 bridgehead atoms. The van der Waals surface area contributed by atoms with Crippen molar-refractivity contribution in [1.29, 1.82) is 0 Å². The van der Waals surface area contributed by atoms with E-state index in [0.717, 1.165) is 35.2 Å². The molecule has 1 atom stereocenters. The minimum absolute atomic E-state index is 0.0519. The first-order valence-electron chi connectivity index (χ1n) is 10.7. The summed E-state index contributed by atoms with van der Waals surface area (Å²) in [6.07, 6.45) is 6.65. The number of carbonyl (C=O) groups is 1. The highest BCUT2D eigenvalue weighted by Gasteiger charge is 2.32. The highest BCUT2D eigenvalue weighted by molar-refractivity contribution is 7.99. The fourth-order valence-corrected chi connectivity index (χ4v) is 7.65. The molecular formula is C21H30N4O3S2. The molecule has 2 aromatic heterocycles. The van der Waals surface area contributed by atoms with Gasteiger partial charge in [0, 0.05) is 29.0 Å². The van der Waals surface area contributed by atoms with Crippen molar-refractivity contribution in [2.24, 2.45) is 0 Å². The zero-order chi connectivity index (χ0) is 21.5. The predicted octanol–water partition coefficient (Wildman–Crippen LogP) is 3.84. The lowest BCUT2D eigenvalue weighted by atomic mass is 9.95. The van der Waals surface area contributed by atoms with Crippen LogP contribution in [0.25, 0.3) is 0 Å². The van der Waals surface area contributed by atoms with Crippen molar-refractivity contribution in [3.8, 4) is 0 Å². The Morgan fingerprint density at radius 2 is 1.80 bits per heavy atom. The van der Waals surface area contributed by atoms with E-state index in [1.165, 1.54) is 31.0 Å². The molecule has 1 saturated carbocycles. The van der Waals surface area contributed by atoms with Crippen LogP contribution in [0.2, 0.25) is 0 Å². The molecule has 3 heterocycles. The van der Waals surface area contributed by atoms with Crippen molar-refractivity contribution in [2.75, 3.05) is 17.3 Å². The van der Waals surface area contributed by atoms with Crippen LogP contribution in [0.4, 0.5) is 0 Å². The number of sulfone groups is 1. The van der Waals surface area contributed by atoms with Gasteiger partial charge in [0.05, 0.1) is 17.3 Å². The number of nitrogens with zero attached hydrogens (tertiary/aromatic N) is 4. The van der Waals surface area contributed by atoms with Gasteiger partial charge in [-0.05, 0) is 46.1 Å². The quantitative estimate of drug-likeness (QED) is 0.491. The molecule has 2 aliphatic rings. The number of thioether (sulfide) groups is 1. The maximum atomic E-state index is 13.0. The van der Waals surface area contributed by atoms with Gasteiger partial charge in [-0.15, -0.1) is 10.2 Å². The number of carbonyl (C=O) groups excluding carboxylic acids is 1. The van der Waals surface area contributed by atoms with Gasteiger partial charge in [0.25, 0.3) is 0 Å². The largest absolute Gasteiger partial charge is 0.344 e. The van der Waals surface area contributed by atoms with Gasteiger partial charge >= 0.3 is 0 Å². The zero-order valence-corrected chi connectivity index (χ0v) is 19.6. The van der Waals surface area contributed by atoms with E-state index in [4.69, 9.17) is 0 Å². The lowest BCUT2D eigenvalue weighted by Gasteiger charge is -2.24. The molecule has 0 aromatic carbocycles. The first kappa shape index (κ1) is 21.6. The maximum absolute atomic E-state index is 13.0. The summed E-state index contributed by atoms with van der Waals surface area (Å²) >= 11 is 1.45. The van der Waals surface area contributed by atoms with Gasteiger partial charge in [-0.1, -0.05) is 31.0 Å². The molecule has 2 fully saturated rings. The van der Waals surface area contributed by atoms with Crippen LogP contribution in [0, 0.1) is 20.8 Å². The number of rotatable bonds is 6. The normalized spacial score (nSPS) is 21.9. The SMILES string of the molecule is Cc1cc(C(=O)CSc2nnc(C)n2C2CCCCC2)c(C)n1C1CCS(=O)(=O)C1. The summed E-state index contributed by atoms with van der Waals surface area (Å²) in [6, 6.07) is 2.27. The molecule has 1 unspecified atom stereocenters. The highest BCUT2D eigenvalue weighted by Crippen LogP contribution is 2.33. The standard InChI is InChI=1S/C21H30N4O3S2/c1-14-11-19(15(2)24(14)18-9-10-30(27,28)13-18)20(26)12-29-21-23-22-16(3)25(21)17-7-5-4-6-8-17/h11,17-18H,4-10,12-13H2,1-3H3. The Morgan fingerprint density at radius 1 is 1.07 bits per heavy atom. The number of aromatic nitrogens is 4. The summed E-state index contributed by atoms with van der Waals surface area (Å²) in [7, 11) is -2.98. The van der Waals surface area contributed by atoms with Gasteiger partial charge in [-0.2, -0.15) is 0 Å². The molecule has 0 spiro atoms. The average molecular weight is 451 g/mol. The highest BCUT2D eigenvalue weighted by atomic mass is 32.2. The van der Waals surface area contributed by atoms with Gasteiger partial charge in [0.1, 0.15) is 5.82 Å². The summed E-state index contributed by atoms with van der Waals surface area (Å²) in [5.41, 5.74) is 2.50. The second kappa shape index (κ2) is 8.49. The number of hydrogen-bond acceptors (Lipinski definition) is 6. The Kier molecular flexibility index (Phi) is 6.12. The predicted molar refractivity (Wildman–Crippen MR) is 118 cm³/mol. The Bertz CT molecular complexity index is 1050. The van der Waals surface area contributed by atoms with Crippen molar-refractivity contribution in [3.05, 3.63) is 28.8 Å². The summed E-state index contributed by atoms with van der Waals surface area (Å²) in [4.78, 5) is 13.0. The van der Waals surface area contributed by atoms with Crippen LogP contribution in [0.15, 0.2) is 11.2 Å². The molecule has 4 rings (SSSR count). The minimum Gasteiger partial charge on any atom is -0.344 e. The van der Waals surface area contributed by atoms with Crippen LogP contribution in [0.1, 0.15) is 78.2 Å². The molecule has 1 aliphatic heterocycles. The van der Waals surface area contributed by atoms with E-state index >= 15 is 0 Å². The van der Waals surface area contributed by atoms with E-state index in [-0.39, 0.29) is 23.3 Å². The lowest BCUT2D eigenvalue weighted by molar-refractivity contribution is 0.102. The van der Waals surface area contributed by atoms with Gasteiger partial charge in [0.15, 0.2) is 20.8 Å². The summed E-state index contributed by atoms with van der Waals surface area (Å²) in [5.74, 6) is 1.66. The van der Waals surface area contributed by atoms with Crippen molar-refractivity contribution < 1.29 is 13.2 Å². The molecular weight excluding hydrogens is 420 g/mol. The van der Waals surface area contributed by atoms with Gasteiger partial charge in [-0.3, -0.25) is 4.79 Å². The third-order valence-corrected chi connectivity index (χ3v) is 9.16. The smallest absolute Gasteiger partial charge is 0.191 e. The average Bonchev–Trinajstić information content (AvgIpc) is 3.35. The second-order valence-corrected chi connectivity index (χ2v) is 11.8. The maximum Gasteiger partial charge on any atom is 0.191 e. The van der Waals surface area contributed by atoms with E-state index in [0.29, 0.717) is 23.8 Å². The molecule has 164 valence electrons. The molecule has 0 amide bonds. The zero-order valence-electron chi connectivity index (χ0n) is 17.9. The minimum atomic E-state index is -2.98. The molecule has 7 nitrogen and oxygen atoms in total. The van der Waals surface area contributed by atoms with Crippen LogP contribution in [0.5, 0.6) is 0 Å². The van der Waals surface area contributed by atoms with Gasteiger partial charge in [0.2, 0.25) is 0 Å². The fourth-order valence-electron chi connectivity index (χ4n) is 5.02. The molecule has 30 heavy (non-hydrogen) atoms. The molecule has 9 heteroatoms. The van der Waals surface area contributed by atoms with Crippen molar-refractivity contribution in [2.45, 2.75) is 76.5 Å². The first-order chi connectivity index (χ1) is 14.3. The molecule has 2 aromatic rings. The molecule has 0 radical (unpaired) electrons. The second-order valence-electron chi connectivity index (χ2n) is 8.62. The Morgan fingerprint density at radius 3 is 2.47 bits per heavy atom.